The number of hydrogen-bond acceptors (Lipinski definition) is 3. The molecular formula is C8H9BClFO3. The standard InChI is InChI=1S/C8H9BClFO3/c1-2-14-6-4-3-5(9(12)13)7(10)8(6)11/h3-4,12-13H,2H2,1H3. The van der Waals surface area contributed by atoms with Crippen LogP contribution in [0.5, 0.6) is 5.75 Å². The Morgan fingerprint density at radius 1 is 1.50 bits per heavy atom. The van der Waals surface area contributed by atoms with E-state index in [2.05, 4.69) is 0 Å². The van der Waals surface area contributed by atoms with Gasteiger partial charge in [0.05, 0.1) is 11.6 Å². The Morgan fingerprint density at radius 3 is 2.64 bits per heavy atom. The quantitative estimate of drug-likeness (QED) is 0.729. The van der Waals surface area contributed by atoms with Crippen molar-refractivity contribution in [1.82, 2.24) is 0 Å². The zero-order valence-electron chi connectivity index (χ0n) is 7.50. The van der Waals surface area contributed by atoms with Crippen molar-refractivity contribution < 1.29 is 19.2 Å². The van der Waals surface area contributed by atoms with Crippen LogP contribution in [0.15, 0.2) is 12.1 Å². The van der Waals surface area contributed by atoms with Crippen LogP contribution in [0.1, 0.15) is 6.92 Å². The second kappa shape index (κ2) is 4.64. The number of benzene rings is 1. The van der Waals surface area contributed by atoms with Gasteiger partial charge in [-0.3, -0.25) is 0 Å². The molecule has 3 nitrogen and oxygen atoms in total. The van der Waals surface area contributed by atoms with E-state index in [0.29, 0.717) is 6.61 Å². The molecule has 6 heteroatoms. The SMILES string of the molecule is CCOc1ccc(B(O)O)c(Cl)c1F. The number of rotatable bonds is 3. The Hall–Kier alpha value is -0.775. The van der Waals surface area contributed by atoms with Crippen LogP contribution in [0, 0.1) is 5.82 Å². The van der Waals surface area contributed by atoms with Gasteiger partial charge in [-0.1, -0.05) is 17.7 Å². The largest absolute Gasteiger partial charge is 0.491 e. The lowest BCUT2D eigenvalue weighted by atomic mass is 9.80. The Kier molecular flexibility index (Phi) is 3.74. The highest BCUT2D eigenvalue weighted by Crippen LogP contribution is 2.22. The van der Waals surface area contributed by atoms with E-state index < -0.39 is 12.9 Å². The predicted octanol–water partition coefficient (Wildman–Crippen LogP) is 0.558. The van der Waals surface area contributed by atoms with E-state index in [4.69, 9.17) is 26.4 Å². The number of halogens is 2. The van der Waals surface area contributed by atoms with Crippen LogP contribution in [0.2, 0.25) is 5.02 Å². The fraction of sp³-hybridized carbons (Fsp3) is 0.250. The summed E-state index contributed by atoms with van der Waals surface area (Å²) < 4.78 is 18.3. The van der Waals surface area contributed by atoms with E-state index in [9.17, 15) is 4.39 Å². The maximum absolute atomic E-state index is 13.3. The first kappa shape index (κ1) is 11.3. The fourth-order valence-electron chi connectivity index (χ4n) is 1.01. The summed E-state index contributed by atoms with van der Waals surface area (Å²) in [5, 5.41) is 17.3. The topological polar surface area (TPSA) is 49.7 Å². The molecule has 2 N–H and O–H groups in total. The van der Waals surface area contributed by atoms with Gasteiger partial charge in [0.2, 0.25) is 0 Å². The van der Waals surface area contributed by atoms with E-state index in [1.807, 2.05) is 0 Å². The Labute approximate surface area is 86.2 Å². The molecule has 0 radical (unpaired) electrons. The molecule has 0 saturated heterocycles. The van der Waals surface area contributed by atoms with Gasteiger partial charge in [-0.05, 0) is 13.0 Å². The van der Waals surface area contributed by atoms with Gasteiger partial charge in [-0.25, -0.2) is 4.39 Å². The minimum atomic E-state index is -1.78. The predicted molar refractivity (Wildman–Crippen MR) is 52.4 cm³/mol. The highest BCUT2D eigenvalue weighted by atomic mass is 35.5. The molecule has 76 valence electrons. The van der Waals surface area contributed by atoms with Gasteiger partial charge in [-0.15, -0.1) is 0 Å². The smallest absolute Gasteiger partial charge is 0.490 e. The molecule has 0 aliphatic rings. The average molecular weight is 218 g/mol. The van der Waals surface area contributed by atoms with Gasteiger partial charge in [0.1, 0.15) is 0 Å². The lowest BCUT2D eigenvalue weighted by Gasteiger charge is -2.08. The van der Waals surface area contributed by atoms with Gasteiger partial charge in [0.25, 0.3) is 0 Å². The van der Waals surface area contributed by atoms with E-state index in [1.165, 1.54) is 12.1 Å². The molecule has 0 unspecified atom stereocenters. The summed E-state index contributed by atoms with van der Waals surface area (Å²) in [5.74, 6) is -0.777. The minimum absolute atomic E-state index is 0.00176. The third-order valence-electron chi connectivity index (χ3n) is 1.65. The first-order valence-electron chi connectivity index (χ1n) is 4.04. The molecule has 1 aromatic rings. The number of ether oxygens (including phenoxy) is 1. The van der Waals surface area contributed by atoms with Crippen molar-refractivity contribution in [1.29, 1.82) is 0 Å². The molecule has 1 rings (SSSR count). The molecule has 0 spiro atoms. The van der Waals surface area contributed by atoms with Crippen molar-refractivity contribution in [3.05, 3.63) is 23.0 Å². The molecule has 0 bridgehead atoms. The Morgan fingerprint density at radius 2 is 2.14 bits per heavy atom. The highest BCUT2D eigenvalue weighted by molar-refractivity contribution is 6.62. The third kappa shape index (κ3) is 2.18. The summed E-state index contributed by atoms with van der Waals surface area (Å²) in [4.78, 5) is 0. The van der Waals surface area contributed by atoms with Gasteiger partial charge in [0, 0.05) is 5.46 Å². The first-order valence-corrected chi connectivity index (χ1v) is 4.42. The van der Waals surface area contributed by atoms with Crippen molar-refractivity contribution in [3.8, 4) is 5.75 Å². The van der Waals surface area contributed by atoms with Gasteiger partial charge in [-0.2, -0.15) is 0 Å². The molecule has 1 aromatic carbocycles. The van der Waals surface area contributed by atoms with Gasteiger partial charge in [0.15, 0.2) is 11.6 Å². The van der Waals surface area contributed by atoms with E-state index in [-0.39, 0.29) is 16.2 Å². The van der Waals surface area contributed by atoms with E-state index in [1.54, 1.807) is 6.92 Å². The minimum Gasteiger partial charge on any atom is -0.491 e. The van der Waals surface area contributed by atoms with Crippen LogP contribution < -0.4 is 10.2 Å². The molecule has 0 fully saturated rings. The molecule has 0 aliphatic heterocycles. The maximum Gasteiger partial charge on any atom is 0.490 e. The zero-order valence-corrected chi connectivity index (χ0v) is 8.25. The zero-order chi connectivity index (χ0) is 10.7. The lowest BCUT2D eigenvalue weighted by Crippen LogP contribution is -2.31. The van der Waals surface area contributed by atoms with Crippen LogP contribution >= 0.6 is 11.6 Å². The van der Waals surface area contributed by atoms with Crippen LogP contribution in [-0.4, -0.2) is 23.8 Å². The molecule has 0 atom stereocenters. The Bertz CT molecular complexity index is 333. The van der Waals surface area contributed by atoms with E-state index in [0.717, 1.165) is 0 Å². The van der Waals surface area contributed by atoms with Crippen molar-refractivity contribution in [3.63, 3.8) is 0 Å². The van der Waals surface area contributed by atoms with Crippen LogP contribution in [0.25, 0.3) is 0 Å². The number of hydrogen-bond donors (Lipinski definition) is 2. The second-order valence-electron chi connectivity index (χ2n) is 2.59. The van der Waals surface area contributed by atoms with Crippen LogP contribution in [0.4, 0.5) is 4.39 Å². The summed E-state index contributed by atoms with van der Waals surface area (Å²) >= 11 is 5.55. The fourth-order valence-corrected chi connectivity index (χ4v) is 1.27. The van der Waals surface area contributed by atoms with Crippen LogP contribution in [-0.2, 0) is 0 Å². The average Bonchev–Trinajstić information content (AvgIpc) is 2.13. The summed E-state index contributed by atoms with van der Waals surface area (Å²) in [6.07, 6.45) is 0. The maximum atomic E-state index is 13.3. The second-order valence-corrected chi connectivity index (χ2v) is 2.97. The van der Waals surface area contributed by atoms with Crippen molar-refractivity contribution in [2.24, 2.45) is 0 Å². The van der Waals surface area contributed by atoms with Crippen molar-refractivity contribution in [2.75, 3.05) is 6.61 Å². The third-order valence-corrected chi connectivity index (χ3v) is 2.04. The van der Waals surface area contributed by atoms with Gasteiger partial charge >= 0.3 is 7.12 Å². The molecule has 0 amide bonds. The van der Waals surface area contributed by atoms with Gasteiger partial charge < -0.3 is 14.8 Å². The molecule has 0 aliphatic carbocycles. The van der Waals surface area contributed by atoms with E-state index >= 15 is 0 Å². The normalized spacial score (nSPS) is 10.1. The summed E-state index contributed by atoms with van der Waals surface area (Å²) in [7, 11) is -1.78. The summed E-state index contributed by atoms with van der Waals surface area (Å²) in [6, 6.07) is 2.61. The lowest BCUT2D eigenvalue weighted by molar-refractivity contribution is 0.321. The summed E-state index contributed by atoms with van der Waals surface area (Å²) in [5.41, 5.74) is -0.0763. The molecule has 0 heterocycles. The first-order chi connectivity index (χ1) is 6.57. The Balaban J connectivity index is 3.12. The molecular weight excluding hydrogens is 209 g/mol. The molecule has 0 aromatic heterocycles. The van der Waals surface area contributed by atoms with Crippen molar-refractivity contribution >= 4 is 24.2 Å². The molecule has 0 saturated carbocycles. The van der Waals surface area contributed by atoms with Crippen molar-refractivity contribution in [2.45, 2.75) is 6.92 Å². The van der Waals surface area contributed by atoms with Crippen LogP contribution in [0.3, 0.4) is 0 Å². The monoisotopic (exact) mass is 218 g/mol. The summed E-state index contributed by atoms with van der Waals surface area (Å²) in [6.45, 7) is 2.02. The molecule has 14 heavy (non-hydrogen) atoms. The highest BCUT2D eigenvalue weighted by Gasteiger charge is 2.20.